The van der Waals surface area contributed by atoms with Crippen molar-refractivity contribution in [3.63, 3.8) is 0 Å². The van der Waals surface area contributed by atoms with E-state index >= 15 is 0 Å². The van der Waals surface area contributed by atoms with Crippen LogP contribution in [0.4, 0.5) is 5.69 Å². The lowest BCUT2D eigenvalue weighted by Crippen LogP contribution is -2.01. The number of nitrogens with zero attached hydrogens (tertiary/aromatic N) is 1. The van der Waals surface area contributed by atoms with Crippen LogP contribution in [0.25, 0.3) is 0 Å². The van der Waals surface area contributed by atoms with Gasteiger partial charge in [-0.05, 0) is 41.8 Å². The molecule has 90 valence electrons. The molecule has 2 aromatic rings. The number of anilines is 1. The SMILES string of the molecule is CCc1cc(Br)ccc1NCc1ccn(C)c1. The Morgan fingerprint density at radius 3 is 2.76 bits per heavy atom. The first kappa shape index (κ1) is 12.2. The third-order valence-corrected chi connectivity index (χ3v) is 3.32. The third kappa shape index (κ3) is 3.13. The molecule has 1 aromatic carbocycles. The van der Waals surface area contributed by atoms with Crippen LogP contribution in [-0.2, 0) is 20.0 Å². The number of benzene rings is 1. The first-order valence-corrected chi connectivity index (χ1v) is 6.61. The van der Waals surface area contributed by atoms with Crippen molar-refractivity contribution < 1.29 is 0 Å². The van der Waals surface area contributed by atoms with E-state index in [4.69, 9.17) is 0 Å². The Morgan fingerprint density at radius 2 is 2.12 bits per heavy atom. The normalized spacial score (nSPS) is 10.5. The van der Waals surface area contributed by atoms with E-state index in [1.807, 2.05) is 7.05 Å². The number of halogens is 1. The van der Waals surface area contributed by atoms with Crippen LogP contribution >= 0.6 is 15.9 Å². The van der Waals surface area contributed by atoms with Crippen LogP contribution in [0.3, 0.4) is 0 Å². The molecule has 0 radical (unpaired) electrons. The van der Waals surface area contributed by atoms with Gasteiger partial charge >= 0.3 is 0 Å². The second kappa shape index (κ2) is 5.41. The van der Waals surface area contributed by atoms with E-state index in [1.54, 1.807) is 0 Å². The summed E-state index contributed by atoms with van der Waals surface area (Å²) in [5, 5.41) is 3.49. The van der Waals surface area contributed by atoms with E-state index in [0.717, 1.165) is 17.4 Å². The highest BCUT2D eigenvalue weighted by atomic mass is 79.9. The molecule has 2 nitrogen and oxygen atoms in total. The highest BCUT2D eigenvalue weighted by Gasteiger charge is 2.01. The van der Waals surface area contributed by atoms with Gasteiger partial charge < -0.3 is 9.88 Å². The minimum absolute atomic E-state index is 0.871. The van der Waals surface area contributed by atoms with Gasteiger partial charge in [0.1, 0.15) is 0 Å². The molecule has 0 amide bonds. The Hall–Kier alpha value is -1.22. The van der Waals surface area contributed by atoms with Crippen LogP contribution < -0.4 is 5.32 Å². The molecule has 3 heteroatoms. The van der Waals surface area contributed by atoms with Crippen LogP contribution in [0, 0.1) is 0 Å². The summed E-state index contributed by atoms with van der Waals surface area (Å²) >= 11 is 3.51. The zero-order chi connectivity index (χ0) is 12.3. The molecule has 1 heterocycles. The quantitative estimate of drug-likeness (QED) is 0.902. The molecular formula is C14H17BrN2. The maximum Gasteiger partial charge on any atom is 0.0415 e. The van der Waals surface area contributed by atoms with E-state index in [9.17, 15) is 0 Å². The summed E-state index contributed by atoms with van der Waals surface area (Å²) in [6, 6.07) is 8.52. The van der Waals surface area contributed by atoms with E-state index in [2.05, 4.69) is 69.4 Å². The van der Waals surface area contributed by atoms with Gasteiger partial charge in [-0.2, -0.15) is 0 Å². The third-order valence-electron chi connectivity index (χ3n) is 2.82. The first-order chi connectivity index (χ1) is 8.19. The standard InChI is InChI=1S/C14H17BrN2/c1-3-12-8-13(15)4-5-14(12)16-9-11-6-7-17(2)10-11/h4-8,10,16H,3,9H2,1-2H3. The van der Waals surface area contributed by atoms with E-state index in [-0.39, 0.29) is 0 Å². The number of hydrogen-bond acceptors (Lipinski definition) is 1. The van der Waals surface area contributed by atoms with Crippen molar-refractivity contribution in [3.8, 4) is 0 Å². The first-order valence-electron chi connectivity index (χ1n) is 5.82. The molecule has 0 bridgehead atoms. The molecule has 0 fully saturated rings. The van der Waals surface area contributed by atoms with Gasteiger partial charge in [0.2, 0.25) is 0 Å². The van der Waals surface area contributed by atoms with Crippen molar-refractivity contribution in [1.29, 1.82) is 0 Å². The van der Waals surface area contributed by atoms with Gasteiger partial charge in [-0.1, -0.05) is 22.9 Å². The number of aryl methyl sites for hydroxylation is 2. The molecule has 1 N–H and O–H groups in total. The number of aromatic nitrogens is 1. The zero-order valence-corrected chi connectivity index (χ0v) is 11.8. The summed E-state index contributed by atoms with van der Waals surface area (Å²) in [7, 11) is 2.04. The monoisotopic (exact) mass is 292 g/mol. The molecule has 1 aromatic heterocycles. The lowest BCUT2D eigenvalue weighted by atomic mass is 10.1. The minimum atomic E-state index is 0.871. The van der Waals surface area contributed by atoms with Crippen molar-refractivity contribution in [3.05, 3.63) is 52.3 Å². The second-order valence-corrected chi connectivity index (χ2v) is 5.11. The average molecular weight is 293 g/mol. The summed E-state index contributed by atoms with van der Waals surface area (Å²) in [5.74, 6) is 0. The molecule has 0 saturated heterocycles. The predicted molar refractivity (Wildman–Crippen MR) is 76.3 cm³/mol. The Bertz CT molecular complexity index is 503. The lowest BCUT2D eigenvalue weighted by molar-refractivity contribution is 0.920. The fraction of sp³-hybridized carbons (Fsp3) is 0.286. The van der Waals surface area contributed by atoms with Gasteiger partial charge in [-0.15, -0.1) is 0 Å². The van der Waals surface area contributed by atoms with Crippen LogP contribution in [0.1, 0.15) is 18.1 Å². The van der Waals surface area contributed by atoms with E-state index in [1.165, 1.54) is 16.8 Å². The lowest BCUT2D eigenvalue weighted by Gasteiger charge is -2.10. The number of hydrogen-bond donors (Lipinski definition) is 1. The minimum Gasteiger partial charge on any atom is -0.381 e. The second-order valence-electron chi connectivity index (χ2n) is 4.19. The van der Waals surface area contributed by atoms with Gasteiger partial charge in [0.15, 0.2) is 0 Å². The van der Waals surface area contributed by atoms with Crippen molar-refractivity contribution in [1.82, 2.24) is 4.57 Å². The zero-order valence-electron chi connectivity index (χ0n) is 10.2. The van der Waals surface area contributed by atoms with Crippen molar-refractivity contribution in [2.75, 3.05) is 5.32 Å². The summed E-state index contributed by atoms with van der Waals surface area (Å²) in [4.78, 5) is 0. The molecule has 0 aliphatic rings. The van der Waals surface area contributed by atoms with Crippen LogP contribution in [0.2, 0.25) is 0 Å². The molecule has 0 atom stereocenters. The molecular weight excluding hydrogens is 276 g/mol. The van der Waals surface area contributed by atoms with Crippen molar-refractivity contribution >= 4 is 21.6 Å². The summed E-state index contributed by atoms with van der Waals surface area (Å²) in [6.07, 6.45) is 5.24. The largest absolute Gasteiger partial charge is 0.381 e. The van der Waals surface area contributed by atoms with Crippen molar-refractivity contribution in [2.45, 2.75) is 19.9 Å². The van der Waals surface area contributed by atoms with Gasteiger partial charge in [-0.25, -0.2) is 0 Å². The molecule has 17 heavy (non-hydrogen) atoms. The summed E-state index contributed by atoms with van der Waals surface area (Å²) in [6.45, 7) is 3.05. The molecule has 0 spiro atoms. The maximum atomic E-state index is 3.51. The molecule has 0 aliphatic heterocycles. The van der Waals surface area contributed by atoms with Crippen LogP contribution in [0.5, 0.6) is 0 Å². The van der Waals surface area contributed by atoms with Gasteiger partial charge in [0.05, 0.1) is 0 Å². The maximum absolute atomic E-state index is 3.51. The Kier molecular flexibility index (Phi) is 3.89. The van der Waals surface area contributed by atoms with Crippen LogP contribution in [0.15, 0.2) is 41.1 Å². The average Bonchev–Trinajstić information content (AvgIpc) is 2.73. The smallest absolute Gasteiger partial charge is 0.0415 e. The molecule has 2 rings (SSSR count). The fourth-order valence-corrected chi connectivity index (χ4v) is 2.30. The topological polar surface area (TPSA) is 17.0 Å². The molecule has 0 saturated carbocycles. The molecule has 0 unspecified atom stereocenters. The number of nitrogens with one attached hydrogen (secondary N) is 1. The Labute approximate surface area is 111 Å². The van der Waals surface area contributed by atoms with Gasteiger partial charge in [0.25, 0.3) is 0 Å². The highest BCUT2D eigenvalue weighted by molar-refractivity contribution is 9.10. The van der Waals surface area contributed by atoms with Gasteiger partial charge in [0, 0.05) is 36.1 Å². The number of rotatable bonds is 4. The predicted octanol–water partition coefficient (Wildman–Crippen LogP) is 3.96. The summed E-state index contributed by atoms with van der Waals surface area (Å²) in [5.41, 5.74) is 3.87. The van der Waals surface area contributed by atoms with Crippen molar-refractivity contribution in [2.24, 2.45) is 7.05 Å². The van der Waals surface area contributed by atoms with E-state index in [0.29, 0.717) is 0 Å². The summed E-state index contributed by atoms with van der Waals surface area (Å²) < 4.78 is 3.21. The highest BCUT2D eigenvalue weighted by Crippen LogP contribution is 2.22. The van der Waals surface area contributed by atoms with E-state index < -0.39 is 0 Å². The fourth-order valence-electron chi connectivity index (χ4n) is 1.89. The Balaban J connectivity index is 2.08. The molecule has 0 aliphatic carbocycles. The van der Waals surface area contributed by atoms with Crippen LogP contribution in [-0.4, -0.2) is 4.57 Å². The van der Waals surface area contributed by atoms with Gasteiger partial charge in [-0.3, -0.25) is 0 Å². The Morgan fingerprint density at radius 1 is 1.29 bits per heavy atom.